The Morgan fingerprint density at radius 1 is 1.41 bits per heavy atom. The molecule has 3 rings (SSSR count). The molecule has 0 saturated heterocycles. The normalized spacial score (nSPS) is 17.7. The molecule has 0 bridgehead atoms. The van der Waals surface area contributed by atoms with Gasteiger partial charge in [0.2, 0.25) is 5.89 Å². The van der Waals surface area contributed by atoms with E-state index in [1.807, 2.05) is 19.1 Å². The van der Waals surface area contributed by atoms with E-state index in [-0.39, 0.29) is 23.4 Å². The summed E-state index contributed by atoms with van der Waals surface area (Å²) in [5.74, 6) is 1.25. The summed E-state index contributed by atoms with van der Waals surface area (Å²) in [5.41, 5.74) is 1.16. The lowest BCUT2D eigenvalue weighted by molar-refractivity contribution is -0.136. The first-order valence-corrected chi connectivity index (χ1v) is 11.9. The highest BCUT2D eigenvalue weighted by molar-refractivity contribution is 6.32. The van der Waals surface area contributed by atoms with Gasteiger partial charge in [0, 0.05) is 23.9 Å². The van der Waals surface area contributed by atoms with E-state index < -0.39 is 16.8 Å². The van der Waals surface area contributed by atoms with E-state index in [0.29, 0.717) is 23.1 Å². The van der Waals surface area contributed by atoms with Crippen molar-refractivity contribution in [3.05, 3.63) is 70.3 Å². The fraction of sp³-hybridized carbons (Fsp3) is 0.407. The molecule has 1 aromatic carbocycles. The Kier molecular flexibility index (Phi) is 8.58. The van der Waals surface area contributed by atoms with Crippen molar-refractivity contribution in [2.24, 2.45) is 16.8 Å². The van der Waals surface area contributed by atoms with E-state index in [1.54, 1.807) is 18.4 Å². The van der Waals surface area contributed by atoms with Crippen LogP contribution in [-0.4, -0.2) is 11.2 Å². The first kappa shape index (κ1) is 26.0. The molecular formula is C27H30ClF3N2O. The van der Waals surface area contributed by atoms with Gasteiger partial charge in [0.1, 0.15) is 11.1 Å². The summed E-state index contributed by atoms with van der Waals surface area (Å²) in [6.07, 6.45) is 10.6. The lowest BCUT2D eigenvalue weighted by Crippen LogP contribution is -2.14. The number of aromatic nitrogens is 1. The number of hydrogen-bond donors (Lipinski definition) is 0. The molecule has 2 unspecified atom stereocenters. The molecule has 2 atom stereocenters. The van der Waals surface area contributed by atoms with Crippen molar-refractivity contribution in [3.8, 4) is 0 Å². The molecule has 34 heavy (non-hydrogen) atoms. The Hall–Kier alpha value is -2.60. The van der Waals surface area contributed by atoms with Gasteiger partial charge in [-0.15, -0.1) is 0 Å². The highest BCUT2D eigenvalue weighted by Crippen LogP contribution is 2.42. The van der Waals surface area contributed by atoms with Crippen LogP contribution in [-0.2, 0) is 12.6 Å². The van der Waals surface area contributed by atoms with Crippen LogP contribution in [0.1, 0.15) is 63.5 Å². The van der Waals surface area contributed by atoms with E-state index >= 15 is 0 Å². The van der Waals surface area contributed by atoms with Gasteiger partial charge < -0.3 is 4.42 Å². The number of fused-ring (bicyclic) bond motifs is 1. The molecule has 1 aromatic heterocycles. The van der Waals surface area contributed by atoms with E-state index in [1.165, 1.54) is 11.6 Å². The number of nitrogens with zero attached hydrogens (tertiary/aromatic N) is 2. The number of benzene rings is 1. The van der Waals surface area contributed by atoms with Gasteiger partial charge >= 0.3 is 6.18 Å². The van der Waals surface area contributed by atoms with Gasteiger partial charge in [-0.3, -0.25) is 4.99 Å². The second-order valence-electron chi connectivity index (χ2n) is 8.73. The van der Waals surface area contributed by atoms with Gasteiger partial charge in [-0.1, -0.05) is 62.2 Å². The summed E-state index contributed by atoms with van der Waals surface area (Å²) in [7, 11) is 0. The monoisotopic (exact) mass is 490 g/mol. The SMILES string of the molecule is C=C(Cc1cc(Cl)c(C(F)(F)F)c2nc(/C=C/CC3CC=C3CC(C)CC)oc12)N=C/C=C\C. The van der Waals surface area contributed by atoms with Crippen molar-refractivity contribution in [2.45, 2.75) is 59.1 Å². The molecule has 0 amide bonds. The zero-order valence-corrected chi connectivity index (χ0v) is 20.5. The van der Waals surface area contributed by atoms with Crippen LogP contribution in [0.4, 0.5) is 13.2 Å². The number of alkyl halides is 3. The molecule has 0 radical (unpaired) electrons. The van der Waals surface area contributed by atoms with Crippen LogP contribution in [0.25, 0.3) is 17.2 Å². The van der Waals surface area contributed by atoms with E-state index in [0.717, 1.165) is 25.7 Å². The number of hydrogen-bond acceptors (Lipinski definition) is 3. The largest absolute Gasteiger partial charge is 0.436 e. The average Bonchev–Trinajstić information content (AvgIpc) is 3.16. The number of aliphatic imine (C=N–C) groups is 1. The van der Waals surface area contributed by atoms with Crippen LogP contribution in [0.2, 0.25) is 5.02 Å². The molecule has 0 fully saturated rings. The predicted octanol–water partition coefficient (Wildman–Crippen LogP) is 8.99. The molecule has 1 aliphatic rings. The number of rotatable bonds is 10. The van der Waals surface area contributed by atoms with Gasteiger partial charge in [-0.2, -0.15) is 13.2 Å². The highest BCUT2D eigenvalue weighted by atomic mass is 35.5. The molecular weight excluding hydrogens is 461 g/mol. The fourth-order valence-corrected chi connectivity index (χ4v) is 4.26. The highest BCUT2D eigenvalue weighted by Gasteiger charge is 2.38. The first-order chi connectivity index (χ1) is 16.1. The maximum Gasteiger partial charge on any atom is 0.420 e. The van der Waals surface area contributed by atoms with Gasteiger partial charge in [0.15, 0.2) is 5.58 Å². The van der Waals surface area contributed by atoms with Gasteiger partial charge in [-0.05, 0) is 56.2 Å². The first-order valence-electron chi connectivity index (χ1n) is 11.5. The maximum atomic E-state index is 13.7. The quantitative estimate of drug-likeness (QED) is 0.246. The van der Waals surface area contributed by atoms with Crippen molar-refractivity contribution < 1.29 is 17.6 Å². The molecule has 0 aliphatic heterocycles. The second kappa shape index (κ2) is 11.2. The zero-order valence-electron chi connectivity index (χ0n) is 19.8. The van der Waals surface area contributed by atoms with Gasteiger partial charge in [0.05, 0.1) is 5.02 Å². The van der Waals surface area contributed by atoms with Crippen LogP contribution in [0.3, 0.4) is 0 Å². The Morgan fingerprint density at radius 2 is 2.18 bits per heavy atom. The third kappa shape index (κ3) is 6.29. The number of allylic oxidation sites excluding steroid dienone is 6. The molecule has 1 heterocycles. The predicted molar refractivity (Wildman–Crippen MR) is 134 cm³/mol. The summed E-state index contributed by atoms with van der Waals surface area (Å²) in [4.78, 5) is 8.34. The van der Waals surface area contributed by atoms with Crippen molar-refractivity contribution in [1.82, 2.24) is 4.98 Å². The Morgan fingerprint density at radius 3 is 2.79 bits per heavy atom. The molecule has 182 valence electrons. The fourth-order valence-electron chi connectivity index (χ4n) is 3.93. The van der Waals surface area contributed by atoms with Crippen molar-refractivity contribution in [2.75, 3.05) is 0 Å². The third-order valence-electron chi connectivity index (χ3n) is 6.08. The van der Waals surface area contributed by atoms with Crippen LogP contribution in [0.15, 0.2) is 57.6 Å². The average molecular weight is 491 g/mol. The number of halogens is 4. The van der Waals surface area contributed by atoms with Crippen LogP contribution in [0, 0.1) is 11.8 Å². The zero-order chi connectivity index (χ0) is 24.9. The third-order valence-corrected chi connectivity index (χ3v) is 6.37. The number of oxazole rings is 1. The lowest BCUT2D eigenvalue weighted by Gasteiger charge is -2.28. The van der Waals surface area contributed by atoms with Crippen LogP contribution in [0.5, 0.6) is 0 Å². The molecule has 3 nitrogen and oxygen atoms in total. The Labute approximate surface area is 203 Å². The van der Waals surface area contributed by atoms with Gasteiger partial charge in [0.25, 0.3) is 0 Å². The molecule has 1 aliphatic carbocycles. The minimum Gasteiger partial charge on any atom is -0.436 e. The molecule has 0 spiro atoms. The summed E-state index contributed by atoms with van der Waals surface area (Å²) < 4.78 is 47.0. The van der Waals surface area contributed by atoms with E-state index in [9.17, 15) is 13.2 Å². The minimum atomic E-state index is -4.66. The van der Waals surface area contributed by atoms with Crippen molar-refractivity contribution in [3.63, 3.8) is 0 Å². The minimum absolute atomic E-state index is 0.0553. The van der Waals surface area contributed by atoms with Gasteiger partial charge in [-0.25, -0.2) is 4.98 Å². The van der Waals surface area contributed by atoms with Crippen LogP contribution >= 0.6 is 11.6 Å². The maximum absolute atomic E-state index is 13.7. The van der Waals surface area contributed by atoms with Crippen LogP contribution < -0.4 is 0 Å². The second-order valence-corrected chi connectivity index (χ2v) is 9.14. The molecule has 0 N–H and O–H groups in total. The summed E-state index contributed by atoms with van der Waals surface area (Å²) in [5, 5.41) is -0.418. The summed E-state index contributed by atoms with van der Waals surface area (Å²) >= 11 is 6.05. The standard InChI is InChI=1S/C27H30ClF3N2O/c1-5-7-13-32-18(4)15-21-16-22(28)24(27(29,30)31)25-26(21)34-23(33-25)10-8-9-19-11-12-20(19)14-17(3)6-2/h5,7-8,10,12-13,16-17,19H,4,6,9,11,14-15H2,1-3H3/b7-5-,10-8+,32-13?. The van der Waals surface area contributed by atoms with E-state index in [4.69, 9.17) is 16.0 Å². The van der Waals surface area contributed by atoms with Crippen molar-refractivity contribution >= 4 is 35.0 Å². The van der Waals surface area contributed by atoms with E-state index in [2.05, 4.69) is 36.5 Å². The smallest absolute Gasteiger partial charge is 0.420 e. The molecule has 0 saturated carbocycles. The molecule has 7 heteroatoms. The summed E-state index contributed by atoms with van der Waals surface area (Å²) in [6, 6.07) is 1.27. The van der Waals surface area contributed by atoms with Crippen molar-refractivity contribution in [1.29, 1.82) is 0 Å². The Balaban J connectivity index is 1.87. The Bertz CT molecular complexity index is 1150. The molecule has 2 aromatic rings. The summed E-state index contributed by atoms with van der Waals surface area (Å²) in [6.45, 7) is 10.2. The topological polar surface area (TPSA) is 38.4 Å². The lowest BCUT2D eigenvalue weighted by atomic mass is 9.77.